The molecule has 2 aromatic carbocycles. The van der Waals surface area contributed by atoms with Crippen LogP contribution >= 0.6 is 0 Å². The highest BCUT2D eigenvalue weighted by atomic mass is 16.5. The first-order valence-corrected chi connectivity index (χ1v) is 7.83. The first-order valence-electron chi connectivity index (χ1n) is 7.83. The van der Waals surface area contributed by atoms with Gasteiger partial charge in [-0.1, -0.05) is 29.8 Å². The Balaban J connectivity index is 2.14. The molecular formula is C19H17N3O4. The lowest BCUT2D eigenvalue weighted by atomic mass is 10.2. The maximum absolute atomic E-state index is 12.2. The minimum Gasteiger partial charge on any atom is -0.495 e. The van der Waals surface area contributed by atoms with Crippen LogP contribution < -0.4 is 16.0 Å². The summed E-state index contributed by atoms with van der Waals surface area (Å²) in [5, 5.41) is 10.5. The highest BCUT2D eigenvalue weighted by Gasteiger charge is 2.16. The van der Waals surface area contributed by atoms with Crippen molar-refractivity contribution in [2.24, 2.45) is 4.99 Å². The number of aryl methyl sites for hydroxylation is 1. The third kappa shape index (κ3) is 3.27. The van der Waals surface area contributed by atoms with Crippen molar-refractivity contribution in [2.75, 3.05) is 7.11 Å². The van der Waals surface area contributed by atoms with Crippen LogP contribution in [-0.2, 0) is 0 Å². The third-order valence-corrected chi connectivity index (χ3v) is 3.82. The van der Waals surface area contributed by atoms with Crippen molar-refractivity contribution in [3.8, 4) is 17.3 Å². The first-order chi connectivity index (χ1) is 12.5. The van der Waals surface area contributed by atoms with Gasteiger partial charge in [0.25, 0.3) is 5.56 Å². The Labute approximate surface area is 148 Å². The summed E-state index contributed by atoms with van der Waals surface area (Å²) in [5.41, 5.74) is 0.368. The SMILES string of the molecule is COc1ccccc1-n1c(O)c(C=Nc2ccc(C)cc2)c(=O)[nH]c1=O. The number of hydrogen-bond donors (Lipinski definition) is 2. The maximum atomic E-state index is 12.2. The molecule has 0 bridgehead atoms. The standard InChI is InChI=1S/C19H17N3O4/c1-12-7-9-13(10-8-12)20-11-14-17(23)21-19(25)22(18(14)24)15-5-3-4-6-16(15)26-2/h3-11,24H,1-2H3,(H,21,23,25). The number of aromatic nitrogens is 2. The fraction of sp³-hybridized carbons (Fsp3) is 0.105. The number of methoxy groups -OCH3 is 1. The molecule has 0 spiro atoms. The number of H-pyrrole nitrogens is 1. The number of aromatic hydroxyl groups is 1. The van der Waals surface area contributed by atoms with Crippen molar-refractivity contribution in [2.45, 2.75) is 6.92 Å². The molecular weight excluding hydrogens is 334 g/mol. The van der Waals surface area contributed by atoms with Crippen LogP contribution in [0, 0.1) is 6.92 Å². The number of aromatic amines is 1. The molecule has 1 aromatic heterocycles. The third-order valence-electron chi connectivity index (χ3n) is 3.82. The van der Waals surface area contributed by atoms with Crippen LogP contribution in [0.15, 0.2) is 63.1 Å². The molecule has 26 heavy (non-hydrogen) atoms. The van der Waals surface area contributed by atoms with Gasteiger partial charge in [-0.15, -0.1) is 0 Å². The molecule has 0 aliphatic heterocycles. The highest BCUT2D eigenvalue weighted by molar-refractivity contribution is 5.84. The van der Waals surface area contributed by atoms with Crippen molar-refractivity contribution in [3.05, 3.63) is 80.5 Å². The Morgan fingerprint density at radius 3 is 2.50 bits per heavy atom. The second-order valence-corrected chi connectivity index (χ2v) is 5.60. The number of benzene rings is 2. The van der Waals surface area contributed by atoms with Gasteiger partial charge < -0.3 is 9.84 Å². The molecule has 0 aliphatic carbocycles. The molecule has 1 heterocycles. The monoisotopic (exact) mass is 351 g/mol. The van der Waals surface area contributed by atoms with Gasteiger partial charge in [0.05, 0.1) is 18.5 Å². The van der Waals surface area contributed by atoms with Crippen molar-refractivity contribution in [1.82, 2.24) is 9.55 Å². The van der Waals surface area contributed by atoms with E-state index >= 15 is 0 Å². The lowest BCUT2D eigenvalue weighted by Gasteiger charge is -2.12. The summed E-state index contributed by atoms with van der Waals surface area (Å²) < 4.78 is 6.19. The molecule has 0 amide bonds. The molecule has 3 rings (SSSR count). The van der Waals surface area contributed by atoms with E-state index in [4.69, 9.17) is 4.74 Å². The molecule has 7 nitrogen and oxygen atoms in total. The lowest BCUT2D eigenvalue weighted by molar-refractivity contribution is 0.401. The van der Waals surface area contributed by atoms with E-state index < -0.39 is 17.1 Å². The van der Waals surface area contributed by atoms with Gasteiger partial charge in [-0.2, -0.15) is 0 Å². The summed E-state index contributed by atoms with van der Waals surface area (Å²) in [5.74, 6) is -0.141. The van der Waals surface area contributed by atoms with Gasteiger partial charge in [-0.05, 0) is 31.2 Å². The average Bonchev–Trinajstić information content (AvgIpc) is 2.63. The van der Waals surface area contributed by atoms with E-state index in [0.717, 1.165) is 10.1 Å². The van der Waals surface area contributed by atoms with Crippen LogP contribution in [0.5, 0.6) is 11.6 Å². The zero-order chi connectivity index (χ0) is 18.7. The highest BCUT2D eigenvalue weighted by Crippen LogP contribution is 2.24. The van der Waals surface area contributed by atoms with Crippen molar-refractivity contribution >= 4 is 11.9 Å². The average molecular weight is 351 g/mol. The van der Waals surface area contributed by atoms with Crippen LogP contribution in [0.25, 0.3) is 5.69 Å². The normalized spacial score (nSPS) is 11.0. The number of nitrogens with zero attached hydrogens (tertiary/aromatic N) is 2. The molecule has 7 heteroatoms. The molecule has 132 valence electrons. The van der Waals surface area contributed by atoms with E-state index in [2.05, 4.69) is 9.98 Å². The molecule has 0 atom stereocenters. The quantitative estimate of drug-likeness (QED) is 0.705. The smallest absolute Gasteiger partial charge is 0.335 e. The van der Waals surface area contributed by atoms with Gasteiger partial charge in [0.2, 0.25) is 5.88 Å². The van der Waals surface area contributed by atoms with Gasteiger partial charge >= 0.3 is 5.69 Å². The Morgan fingerprint density at radius 2 is 1.81 bits per heavy atom. The van der Waals surface area contributed by atoms with Crippen LogP contribution in [0.1, 0.15) is 11.1 Å². The minimum atomic E-state index is -0.774. The zero-order valence-corrected chi connectivity index (χ0v) is 14.3. The largest absolute Gasteiger partial charge is 0.495 e. The summed E-state index contributed by atoms with van der Waals surface area (Å²) in [6.07, 6.45) is 1.23. The van der Waals surface area contributed by atoms with E-state index in [-0.39, 0.29) is 5.56 Å². The second-order valence-electron chi connectivity index (χ2n) is 5.60. The van der Waals surface area contributed by atoms with Gasteiger partial charge in [0.15, 0.2) is 0 Å². The van der Waals surface area contributed by atoms with Crippen LogP contribution in [0.2, 0.25) is 0 Å². The second kappa shape index (κ2) is 7.10. The number of ether oxygens (including phenoxy) is 1. The summed E-state index contributed by atoms with van der Waals surface area (Å²) in [6, 6.07) is 14.0. The fourth-order valence-corrected chi connectivity index (χ4v) is 2.46. The van der Waals surface area contributed by atoms with E-state index in [0.29, 0.717) is 17.1 Å². The van der Waals surface area contributed by atoms with E-state index in [9.17, 15) is 14.7 Å². The number of para-hydroxylation sites is 2. The van der Waals surface area contributed by atoms with Crippen molar-refractivity contribution in [3.63, 3.8) is 0 Å². The first kappa shape index (κ1) is 17.2. The topological polar surface area (TPSA) is 96.7 Å². The molecule has 0 fully saturated rings. The molecule has 3 aromatic rings. The molecule has 2 N–H and O–H groups in total. The molecule has 0 saturated heterocycles. The van der Waals surface area contributed by atoms with E-state index in [1.54, 1.807) is 36.4 Å². The molecule has 0 unspecified atom stereocenters. The fourth-order valence-electron chi connectivity index (χ4n) is 2.46. The molecule has 0 radical (unpaired) electrons. The summed E-state index contributed by atoms with van der Waals surface area (Å²) in [4.78, 5) is 30.7. The Bertz CT molecular complexity index is 1080. The summed E-state index contributed by atoms with van der Waals surface area (Å²) in [6.45, 7) is 1.95. The van der Waals surface area contributed by atoms with Crippen molar-refractivity contribution < 1.29 is 9.84 Å². The van der Waals surface area contributed by atoms with E-state index in [1.165, 1.54) is 13.3 Å². The van der Waals surface area contributed by atoms with E-state index in [1.807, 2.05) is 19.1 Å². The van der Waals surface area contributed by atoms with Gasteiger partial charge in [0.1, 0.15) is 11.3 Å². The Kier molecular flexibility index (Phi) is 4.70. The molecule has 0 aliphatic rings. The number of aliphatic imine (C=N–C) groups is 1. The molecule has 0 saturated carbocycles. The minimum absolute atomic E-state index is 0.129. The predicted octanol–water partition coefficient (Wildman–Crippen LogP) is 2.30. The lowest BCUT2D eigenvalue weighted by Crippen LogP contribution is -2.31. The van der Waals surface area contributed by atoms with Crippen molar-refractivity contribution in [1.29, 1.82) is 0 Å². The van der Waals surface area contributed by atoms with Crippen LogP contribution in [0.4, 0.5) is 5.69 Å². The van der Waals surface area contributed by atoms with Gasteiger partial charge in [-0.3, -0.25) is 14.8 Å². The van der Waals surface area contributed by atoms with Crippen LogP contribution in [-0.4, -0.2) is 28.0 Å². The van der Waals surface area contributed by atoms with Crippen LogP contribution in [0.3, 0.4) is 0 Å². The number of rotatable bonds is 4. The maximum Gasteiger partial charge on any atom is 0.335 e. The summed E-state index contributed by atoms with van der Waals surface area (Å²) >= 11 is 0. The predicted molar refractivity (Wildman–Crippen MR) is 99.3 cm³/mol. The summed E-state index contributed by atoms with van der Waals surface area (Å²) in [7, 11) is 1.45. The van der Waals surface area contributed by atoms with Gasteiger partial charge in [0, 0.05) is 6.21 Å². The van der Waals surface area contributed by atoms with Gasteiger partial charge in [-0.25, -0.2) is 9.36 Å². The Hall–Kier alpha value is -3.61. The number of nitrogens with one attached hydrogen (secondary N) is 1. The number of hydrogen-bond acceptors (Lipinski definition) is 5. The Morgan fingerprint density at radius 1 is 1.12 bits per heavy atom. The zero-order valence-electron chi connectivity index (χ0n) is 14.3.